The lowest BCUT2D eigenvalue weighted by Crippen LogP contribution is -2.47. The van der Waals surface area contributed by atoms with Crippen molar-refractivity contribution in [3.8, 4) is 0 Å². The van der Waals surface area contributed by atoms with Gasteiger partial charge in [0, 0.05) is 24.4 Å². The SMILES string of the molecule is CC(C)(C)OC(=O)N1CCC2(CCC(CO)C2=N[S+]([O-])C(C)(C)C)CC1. The van der Waals surface area contributed by atoms with Crippen molar-refractivity contribution in [2.75, 3.05) is 19.7 Å². The van der Waals surface area contributed by atoms with E-state index in [4.69, 9.17) is 4.74 Å². The minimum Gasteiger partial charge on any atom is -0.591 e. The number of carbonyl (C=O) groups is 1. The minimum atomic E-state index is -1.34. The fourth-order valence-corrected chi connectivity index (χ4v) is 4.47. The van der Waals surface area contributed by atoms with E-state index >= 15 is 0 Å². The number of amides is 1. The topological polar surface area (TPSA) is 85.2 Å². The third kappa shape index (κ3) is 4.93. The molecule has 0 aromatic heterocycles. The van der Waals surface area contributed by atoms with Gasteiger partial charge in [-0.25, -0.2) is 4.79 Å². The van der Waals surface area contributed by atoms with Gasteiger partial charge in [-0.05, 0) is 67.2 Å². The molecule has 1 amide bonds. The van der Waals surface area contributed by atoms with E-state index in [1.807, 2.05) is 41.5 Å². The molecule has 26 heavy (non-hydrogen) atoms. The van der Waals surface area contributed by atoms with Crippen molar-refractivity contribution >= 4 is 23.2 Å². The van der Waals surface area contributed by atoms with Crippen LogP contribution in [0, 0.1) is 11.3 Å². The van der Waals surface area contributed by atoms with Crippen molar-refractivity contribution in [1.29, 1.82) is 0 Å². The van der Waals surface area contributed by atoms with Crippen molar-refractivity contribution in [1.82, 2.24) is 4.90 Å². The number of hydrogen-bond acceptors (Lipinski definition) is 5. The van der Waals surface area contributed by atoms with Crippen LogP contribution in [-0.4, -0.2) is 56.4 Å². The predicted octanol–water partition coefficient (Wildman–Crippen LogP) is 3.31. The monoisotopic (exact) mass is 386 g/mol. The van der Waals surface area contributed by atoms with Crippen LogP contribution >= 0.6 is 0 Å². The van der Waals surface area contributed by atoms with Crippen LogP contribution in [-0.2, 0) is 16.1 Å². The van der Waals surface area contributed by atoms with Crippen LogP contribution in [0.2, 0.25) is 0 Å². The van der Waals surface area contributed by atoms with Gasteiger partial charge in [0.05, 0.1) is 12.3 Å². The molecule has 2 rings (SSSR count). The molecule has 1 saturated heterocycles. The fourth-order valence-electron chi connectivity index (χ4n) is 3.67. The van der Waals surface area contributed by atoms with Gasteiger partial charge in [0.15, 0.2) is 0 Å². The maximum absolute atomic E-state index is 12.6. The predicted molar refractivity (Wildman–Crippen MR) is 105 cm³/mol. The van der Waals surface area contributed by atoms with E-state index in [0.717, 1.165) is 31.4 Å². The lowest BCUT2D eigenvalue weighted by molar-refractivity contribution is 0.0156. The summed E-state index contributed by atoms with van der Waals surface area (Å²) in [5.74, 6) is -0.0191. The third-order valence-electron chi connectivity index (χ3n) is 5.20. The molecule has 1 aliphatic heterocycles. The molecule has 0 aromatic carbocycles. The average Bonchev–Trinajstić information content (AvgIpc) is 2.83. The number of piperidine rings is 1. The largest absolute Gasteiger partial charge is 0.591 e. The summed E-state index contributed by atoms with van der Waals surface area (Å²) in [5.41, 5.74) is 0.252. The van der Waals surface area contributed by atoms with E-state index in [9.17, 15) is 14.5 Å². The van der Waals surface area contributed by atoms with Crippen LogP contribution in [0.25, 0.3) is 0 Å². The van der Waals surface area contributed by atoms with E-state index in [1.165, 1.54) is 0 Å². The maximum Gasteiger partial charge on any atom is 0.410 e. The number of hydrogen-bond donors (Lipinski definition) is 1. The zero-order valence-corrected chi connectivity index (χ0v) is 17.8. The Morgan fingerprint density at radius 2 is 1.85 bits per heavy atom. The number of likely N-dealkylation sites (tertiary alicyclic amines) is 1. The van der Waals surface area contributed by atoms with E-state index in [2.05, 4.69) is 4.40 Å². The first-order valence-electron chi connectivity index (χ1n) is 9.48. The van der Waals surface area contributed by atoms with Crippen LogP contribution < -0.4 is 0 Å². The Hall–Kier alpha value is -0.790. The van der Waals surface area contributed by atoms with Gasteiger partial charge in [-0.3, -0.25) is 0 Å². The van der Waals surface area contributed by atoms with E-state index in [1.54, 1.807) is 4.90 Å². The summed E-state index contributed by atoms with van der Waals surface area (Å²) in [7, 11) is 0. The van der Waals surface area contributed by atoms with Crippen LogP contribution in [0.4, 0.5) is 4.79 Å². The Kier molecular flexibility index (Phi) is 6.35. The molecule has 150 valence electrons. The second-order valence-electron chi connectivity index (χ2n) is 9.50. The number of aliphatic hydroxyl groups is 1. The van der Waals surface area contributed by atoms with Gasteiger partial charge < -0.3 is 19.3 Å². The number of aliphatic hydroxyl groups excluding tert-OH is 1. The fraction of sp³-hybridized carbons (Fsp3) is 0.895. The second-order valence-corrected chi connectivity index (χ2v) is 11.4. The van der Waals surface area contributed by atoms with Gasteiger partial charge in [-0.1, -0.05) is 4.40 Å². The summed E-state index contributed by atoms with van der Waals surface area (Å²) in [5, 5.41) is 9.77. The molecule has 1 N–H and O–H groups in total. The van der Waals surface area contributed by atoms with Crippen LogP contribution in [0.5, 0.6) is 0 Å². The molecule has 1 saturated carbocycles. The quantitative estimate of drug-likeness (QED) is 0.738. The molecule has 0 bridgehead atoms. The summed E-state index contributed by atoms with van der Waals surface area (Å²) in [4.78, 5) is 14.1. The average molecular weight is 387 g/mol. The van der Waals surface area contributed by atoms with Crippen LogP contribution in [0.1, 0.15) is 67.2 Å². The third-order valence-corrected chi connectivity index (χ3v) is 6.61. The molecule has 2 fully saturated rings. The summed E-state index contributed by atoms with van der Waals surface area (Å²) in [6, 6.07) is 0. The van der Waals surface area contributed by atoms with Crippen molar-refractivity contribution in [2.45, 2.75) is 77.6 Å². The lowest BCUT2D eigenvalue weighted by Gasteiger charge is -2.40. The molecule has 0 radical (unpaired) electrons. The van der Waals surface area contributed by atoms with Gasteiger partial charge in [0.25, 0.3) is 0 Å². The highest BCUT2D eigenvalue weighted by Crippen LogP contribution is 2.47. The number of carbonyl (C=O) groups excluding carboxylic acids is 1. The summed E-state index contributed by atoms with van der Waals surface area (Å²) in [6.45, 7) is 12.6. The standard InChI is InChI=1S/C19H34N2O4S/c1-17(2,3)25-16(23)21-11-9-19(10-12-21)8-7-14(13-22)15(19)20-26(24)18(4,5)6/h14,22H,7-13H2,1-6H3. The van der Waals surface area contributed by atoms with Crippen molar-refractivity contribution in [3.63, 3.8) is 0 Å². The number of nitrogens with zero attached hydrogens (tertiary/aromatic N) is 2. The molecule has 1 spiro atoms. The number of rotatable bonds is 2. The van der Waals surface area contributed by atoms with E-state index in [-0.39, 0.29) is 24.0 Å². The van der Waals surface area contributed by atoms with Gasteiger partial charge >= 0.3 is 6.09 Å². The van der Waals surface area contributed by atoms with E-state index in [0.29, 0.717) is 13.1 Å². The normalized spacial score (nSPS) is 26.4. The first kappa shape index (κ1) is 21.5. The molecule has 7 heteroatoms. The van der Waals surface area contributed by atoms with Gasteiger partial charge in [-0.2, -0.15) is 0 Å². The van der Waals surface area contributed by atoms with Crippen molar-refractivity contribution < 1.29 is 19.2 Å². The smallest absolute Gasteiger partial charge is 0.410 e. The Morgan fingerprint density at radius 1 is 1.27 bits per heavy atom. The zero-order valence-electron chi connectivity index (χ0n) is 17.0. The Balaban J connectivity index is 2.14. The molecular formula is C19H34N2O4S. The molecular weight excluding hydrogens is 352 g/mol. The molecule has 1 heterocycles. The zero-order chi connectivity index (χ0) is 19.8. The highest BCUT2D eigenvalue weighted by atomic mass is 32.2. The number of ether oxygens (including phenoxy) is 1. The van der Waals surface area contributed by atoms with Crippen LogP contribution in [0.3, 0.4) is 0 Å². The summed E-state index contributed by atoms with van der Waals surface area (Å²) >= 11 is -1.34. The van der Waals surface area contributed by atoms with Gasteiger partial charge in [0.1, 0.15) is 21.7 Å². The molecule has 2 unspecified atom stereocenters. The van der Waals surface area contributed by atoms with Crippen LogP contribution in [0.15, 0.2) is 4.40 Å². The second kappa shape index (κ2) is 7.68. The summed E-state index contributed by atoms with van der Waals surface area (Å²) in [6.07, 6.45) is 3.08. The summed E-state index contributed by atoms with van der Waals surface area (Å²) < 4.78 is 22.2. The first-order valence-corrected chi connectivity index (χ1v) is 10.6. The minimum absolute atomic E-state index is 0.0191. The molecule has 6 nitrogen and oxygen atoms in total. The van der Waals surface area contributed by atoms with Gasteiger partial charge in [-0.15, -0.1) is 0 Å². The molecule has 2 atom stereocenters. The molecule has 0 aromatic rings. The maximum atomic E-state index is 12.6. The molecule has 1 aliphatic carbocycles. The van der Waals surface area contributed by atoms with E-state index < -0.39 is 21.7 Å². The van der Waals surface area contributed by atoms with Gasteiger partial charge in [0.2, 0.25) is 0 Å². The molecule has 2 aliphatic rings. The lowest BCUT2D eigenvalue weighted by atomic mass is 9.75. The van der Waals surface area contributed by atoms with Crippen molar-refractivity contribution in [2.24, 2.45) is 15.7 Å². The Morgan fingerprint density at radius 3 is 2.31 bits per heavy atom. The van der Waals surface area contributed by atoms with Crippen molar-refractivity contribution in [3.05, 3.63) is 0 Å². The highest BCUT2D eigenvalue weighted by Gasteiger charge is 2.49. The Bertz CT molecular complexity index is 543. The highest BCUT2D eigenvalue weighted by molar-refractivity contribution is 7.91. The first-order chi connectivity index (χ1) is 11.9. The Labute approximate surface area is 160 Å².